The van der Waals surface area contributed by atoms with E-state index in [-0.39, 0.29) is 0 Å². The molecule has 1 unspecified atom stereocenters. The molecular weight excluding hydrogens is 214 g/mol. The van der Waals surface area contributed by atoms with Gasteiger partial charge >= 0.3 is 0 Å². The van der Waals surface area contributed by atoms with Crippen molar-refractivity contribution in [2.75, 3.05) is 26.0 Å². The number of hydrogen-bond donors (Lipinski definition) is 1. The third-order valence-corrected chi connectivity index (χ3v) is 2.67. The molecule has 1 heterocycles. The summed E-state index contributed by atoms with van der Waals surface area (Å²) >= 11 is 0. The van der Waals surface area contributed by atoms with Crippen LogP contribution < -0.4 is 5.32 Å². The fourth-order valence-electron chi connectivity index (χ4n) is 1.67. The highest BCUT2D eigenvalue weighted by Crippen LogP contribution is 2.18. The van der Waals surface area contributed by atoms with Crippen LogP contribution in [0.15, 0.2) is 28.7 Å². The smallest absolute Gasteiger partial charge is 0.295 e. The molecule has 0 bridgehead atoms. The lowest BCUT2D eigenvalue weighted by atomic mass is 10.2. The van der Waals surface area contributed by atoms with E-state index < -0.39 is 0 Å². The molecule has 1 atom stereocenters. The van der Waals surface area contributed by atoms with Gasteiger partial charge in [0.1, 0.15) is 5.52 Å². The average Bonchev–Trinajstić information content (AvgIpc) is 2.68. The molecule has 17 heavy (non-hydrogen) atoms. The summed E-state index contributed by atoms with van der Waals surface area (Å²) in [7, 11) is 4.15. The third-order valence-electron chi connectivity index (χ3n) is 2.67. The van der Waals surface area contributed by atoms with Crippen LogP contribution in [0.5, 0.6) is 0 Å². The van der Waals surface area contributed by atoms with Crippen molar-refractivity contribution in [1.29, 1.82) is 0 Å². The largest absolute Gasteiger partial charge is 0.424 e. The summed E-state index contributed by atoms with van der Waals surface area (Å²) in [4.78, 5) is 6.56. The van der Waals surface area contributed by atoms with Gasteiger partial charge in [-0.25, -0.2) is 0 Å². The van der Waals surface area contributed by atoms with Crippen LogP contribution in [-0.2, 0) is 0 Å². The van der Waals surface area contributed by atoms with Gasteiger partial charge in [0.15, 0.2) is 5.58 Å². The van der Waals surface area contributed by atoms with Crippen molar-refractivity contribution < 1.29 is 4.42 Å². The van der Waals surface area contributed by atoms with Crippen LogP contribution in [-0.4, -0.2) is 36.6 Å². The van der Waals surface area contributed by atoms with Crippen LogP contribution in [0.1, 0.15) is 13.3 Å². The fraction of sp³-hybridized carbons (Fsp3) is 0.462. The third kappa shape index (κ3) is 3.20. The molecule has 4 heteroatoms. The Morgan fingerprint density at radius 2 is 2.12 bits per heavy atom. The summed E-state index contributed by atoms with van der Waals surface area (Å²) in [6.07, 6.45) is 1.06. The number of anilines is 1. The summed E-state index contributed by atoms with van der Waals surface area (Å²) in [6, 6.07) is 8.76. The predicted octanol–water partition coefficient (Wildman–Crippen LogP) is 2.58. The van der Waals surface area contributed by atoms with Gasteiger partial charge in [0, 0.05) is 6.04 Å². The first-order chi connectivity index (χ1) is 8.15. The highest BCUT2D eigenvalue weighted by atomic mass is 16.4. The number of benzene rings is 1. The minimum atomic E-state index is 0.352. The van der Waals surface area contributed by atoms with Crippen molar-refractivity contribution in [2.24, 2.45) is 0 Å². The van der Waals surface area contributed by atoms with Gasteiger partial charge in [-0.05, 0) is 46.1 Å². The lowest BCUT2D eigenvalue weighted by Gasteiger charge is -2.15. The standard InChI is InChI=1S/C13H19N3O/c1-10(8-9-16(2)3)14-13-15-11-6-4-5-7-12(11)17-13/h4-7,10H,8-9H2,1-3H3,(H,14,15). The predicted molar refractivity (Wildman–Crippen MR) is 70.3 cm³/mol. The van der Waals surface area contributed by atoms with E-state index in [2.05, 4.69) is 36.2 Å². The monoisotopic (exact) mass is 233 g/mol. The maximum absolute atomic E-state index is 5.61. The molecule has 2 rings (SSSR count). The number of fused-ring (bicyclic) bond motifs is 1. The number of para-hydroxylation sites is 2. The molecule has 2 aromatic rings. The summed E-state index contributed by atoms with van der Waals surface area (Å²) in [5.74, 6) is 0. The van der Waals surface area contributed by atoms with Crippen molar-refractivity contribution >= 4 is 17.1 Å². The molecular formula is C13H19N3O. The van der Waals surface area contributed by atoms with E-state index in [4.69, 9.17) is 4.42 Å². The van der Waals surface area contributed by atoms with Crippen LogP contribution in [0.2, 0.25) is 0 Å². The van der Waals surface area contributed by atoms with Gasteiger partial charge < -0.3 is 14.6 Å². The Hall–Kier alpha value is -1.55. The van der Waals surface area contributed by atoms with Crippen molar-refractivity contribution in [3.05, 3.63) is 24.3 Å². The van der Waals surface area contributed by atoms with Crippen LogP contribution in [0.25, 0.3) is 11.1 Å². The van der Waals surface area contributed by atoms with Crippen molar-refractivity contribution in [1.82, 2.24) is 9.88 Å². The molecule has 92 valence electrons. The minimum absolute atomic E-state index is 0.352. The Balaban J connectivity index is 1.98. The molecule has 1 N–H and O–H groups in total. The molecule has 0 fully saturated rings. The van der Waals surface area contributed by atoms with E-state index in [1.54, 1.807) is 0 Å². The van der Waals surface area contributed by atoms with E-state index in [0.717, 1.165) is 24.1 Å². The zero-order chi connectivity index (χ0) is 12.3. The molecule has 0 aliphatic carbocycles. The molecule has 0 aliphatic heterocycles. The number of rotatable bonds is 5. The normalized spacial score (nSPS) is 13.2. The van der Waals surface area contributed by atoms with Gasteiger partial charge in [-0.3, -0.25) is 0 Å². The van der Waals surface area contributed by atoms with Gasteiger partial charge in [-0.1, -0.05) is 12.1 Å². The average molecular weight is 233 g/mol. The Morgan fingerprint density at radius 1 is 1.35 bits per heavy atom. The Bertz CT molecular complexity index is 445. The minimum Gasteiger partial charge on any atom is -0.424 e. The van der Waals surface area contributed by atoms with E-state index in [1.807, 2.05) is 24.3 Å². The Labute approximate surface area is 102 Å². The highest BCUT2D eigenvalue weighted by Gasteiger charge is 2.08. The van der Waals surface area contributed by atoms with E-state index in [1.165, 1.54) is 0 Å². The van der Waals surface area contributed by atoms with Gasteiger partial charge in [0.2, 0.25) is 0 Å². The first kappa shape index (κ1) is 11.9. The van der Waals surface area contributed by atoms with Gasteiger partial charge in [0.25, 0.3) is 6.01 Å². The van der Waals surface area contributed by atoms with Gasteiger partial charge in [0.05, 0.1) is 0 Å². The van der Waals surface area contributed by atoms with Crippen molar-refractivity contribution in [3.63, 3.8) is 0 Å². The highest BCUT2D eigenvalue weighted by molar-refractivity contribution is 5.74. The Morgan fingerprint density at radius 3 is 2.82 bits per heavy atom. The topological polar surface area (TPSA) is 41.3 Å². The molecule has 0 amide bonds. The first-order valence-corrected chi connectivity index (χ1v) is 5.92. The fourth-order valence-corrected chi connectivity index (χ4v) is 1.67. The molecule has 1 aromatic heterocycles. The molecule has 1 aromatic carbocycles. The molecule has 0 spiro atoms. The number of nitrogens with one attached hydrogen (secondary N) is 1. The van der Waals surface area contributed by atoms with Gasteiger partial charge in [-0.15, -0.1) is 0 Å². The second-order valence-corrected chi connectivity index (χ2v) is 4.62. The SMILES string of the molecule is CC(CCN(C)C)Nc1nc2ccccc2o1. The van der Waals surface area contributed by atoms with Gasteiger partial charge in [-0.2, -0.15) is 4.98 Å². The Kier molecular flexibility index (Phi) is 3.64. The van der Waals surface area contributed by atoms with Crippen LogP contribution in [0, 0.1) is 0 Å². The van der Waals surface area contributed by atoms with E-state index in [0.29, 0.717) is 12.1 Å². The summed E-state index contributed by atoms with van der Waals surface area (Å²) < 4.78 is 5.61. The lowest BCUT2D eigenvalue weighted by Crippen LogP contribution is -2.23. The molecule has 0 saturated heterocycles. The quantitative estimate of drug-likeness (QED) is 0.861. The summed E-state index contributed by atoms with van der Waals surface area (Å²) in [5.41, 5.74) is 1.73. The summed E-state index contributed by atoms with van der Waals surface area (Å²) in [6.45, 7) is 3.19. The number of oxazole rings is 1. The lowest BCUT2D eigenvalue weighted by molar-refractivity contribution is 0.389. The van der Waals surface area contributed by atoms with Crippen molar-refractivity contribution in [3.8, 4) is 0 Å². The summed E-state index contributed by atoms with van der Waals surface area (Å²) in [5, 5.41) is 3.28. The van der Waals surface area contributed by atoms with Crippen LogP contribution in [0.3, 0.4) is 0 Å². The zero-order valence-corrected chi connectivity index (χ0v) is 10.6. The number of hydrogen-bond acceptors (Lipinski definition) is 4. The van der Waals surface area contributed by atoms with E-state index >= 15 is 0 Å². The molecule has 0 saturated carbocycles. The molecule has 4 nitrogen and oxygen atoms in total. The number of aromatic nitrogens is 1. The van der Waals surface area contributed by atoms with Crippen LogP contribution >= 0.6 is 0 Å². The van der Waals surface area contributed by atoms with Crippen molar-refractivity contribution in [2.45, 2.75) is 19.4 Å². The maximum atomic E-state index is 5.61. The number of nitrogens with zero attached hydrogens (tertiary/aromatic N) is 2. The first-order valence-electron chi connectivity index (χ1n) is 5.92. The second-order valence-electron chi connectivity index (χ2n) is 4.62. The molecule has 0 aliphatic rings. The molecule has 0 radical (unpaired) electrons. The van der Waals surface area contributed by atoms with E-state index in [9.17, 15) is 0 Å². The second kappa shape index (κ2) is 5.19. The maximum Gasteiger partial charge on any atom is 0.295 e. The van der Waals surface area contributed by atoms with Crippen LogP contribution in [0.4, 0.5) is 6.01 Å². The zero-order valence-electron chi connectivity index (χ0n) is 10.6.